The van der Waals surface area contributed by atoms with E-state index >= 15 is 0 Å². The SMILES string of the molecule is CNC(=O)C(C)Nc1nc(OC)ncc1Cl. The van der Waals surface area contributed by atoms with Crippen LogP contribution in [0.4, 0.5) is 5.82 Å². The summed E-state index contributed by atoms with van der Waals surface area (Å²) < 4.78 is 4.86. The molecule has 0 aromatic carbocycles. The van der Waals surface area contributed by atoms with Gasteiger partial charge in [0.1, 0.15) is 11.1 Å². The normalized spacial score (nSPS) is 11.8. The smallest absolute Gasteiger partial charge is 0.318 e. The predicted octanol–water partition coefficient (Wildman–Crippen LogP) is 0.685. The van der Waals surface area contributed by atoms with Crippen LogP contribution < -0.4 is 15.4 Å². The third kappa shape index (κ3) is 2.96. The fourth-order valence-electron chi connectivity index (χ4n) is 1.04. The lowest BCUT2D eigenvalue weighted by molar-refractivity contribution is -0.121. The third-order valence-electron chi connectivity index (χ3n) is 1.90. The summed E-state index contributed by atoms with van der Waals surface area (Å²) >= 11 is 5.87. The van der Waals surface area contributed by atoms with Gasteiger partial charge in [-0.05, 0) is 6.92 Å². The highest BCUT2D eigenvalue weighted by molar-refractivity contribution is 6.32. The lowest BCUT2D eigenvalue weighted by atomic mass is 10.3. The Labute approximate surface area is 98.4 Å². The number of likely N-dealkylation sites (N-methyl/N-ethyl adjacent to an activating group) is 1. The average molecular weight is 245 g/mol. The van der Waals surface area contributed by atoms with E-state index in [9.17, 15) is 4.79 Å². The molecule has 1 amide bonds. The van der Waals surface area contributed by atoms with Crippen molar-refractivity contribution in [2.75, 3.05) is 19.5 Å². The lowest BCUT2D eigenvalue weighted by Crippen LogP contribution is -2.35. The zero-order chi connectivity index (χ0) is 12.1. The van der Waals surface area contributed by atoms with Crippen molar-refractivity contribution < 1.29 is 9.53 Å². The minimum atomic E-state index is -0.442. The van der Waals surface area contributed by atoms with E-state index in [1.807, 2.05) is 0 Å². The Kier molecular flexibility index (Phi) is 4.30. The average Bonchev–Trinajstić information content (AvgIpc) is 2.30. The fraction of sp³-hybridized carbons (Fsp3) is 0.444. The Morgan fingerprint density at radius 3 is 2.88 bits per heavy atom. The first kappa shape index (κ1) is 12.5. The Morgan fingerprint density at radius 2 is 2.31 bits per heavy atom. The van der Waals surface area contributed by atoms with Gasteiger partial charge in [0.05, 0.1) is 13.3 Å². The maximum atomic E-state index is 11.3. The van der Waals surface area contributed by atoms with Gasteiger partial charge in [-0.1, -0.05) is 11.6 Å². The lowest BCUT2D eigenvalue weighted by Gasteiger charge is -2.13. The van der Waals surface area contributed by atoms with Gasteiger partial charge >= 0.3 is 6.01 Å². The van der Waals surface area contributed by atoms with Gasteiger partial charge in [-0.25, -0.2) is 4.98 Å². The van der Waals surface area contributed by atoms with E-state index in [0.717, 1.165) is 0 Å². The van der Waals surface area contributed by atoms with Crippen molar-refractivity contribution in [1.82, 2.24) is 15.3 Å². The minimum absolute atomic E-state index is 0.159. The molecular formula is C9H13ClN4O2. The molecule has 1 unspecified atom stereocenters. The van der Waals surface area contributed by atoms with Crippen LogP contribution in [0.1, 0.15) is 6.92 Å². The molecule has 0 saturated carbocycles. The maximum absolute atomic E-state index is 11.3. The second-order valence-electron chi connectivity index (χ2n) is 3.03. The summed E-state index contributed by atoms with van der Waals surface area (Å²) in [6.07, 6.45) is 1.41. The van der Waals surface area contributed by atoms with Crippen LogP contribution >= 0.6 is 11.6 Å². The summed E-state index contributed by atoms with van der Waals surface area (Å²) in [5.41, 5.74) is 0. The van der Waals surface area contributed by atoms with Crippen LogP contribution in [0.15, 0.2) is 6.20 Å². The van der Waals surface area contributed by atoms with Crippen LogP contribution in [0.25, 0.3) is 0 Å². The molecule has 0 fully saturated rings. The van der Waals surface area contributed by atoms with Gasteiger partial charge in [0.25, 0.3) is 0 Å². The number of nitrogens with zero attached hydrogens (tertiary/aromatic N) is 2. The monoisotopic (exact) mass is 244 g/mol. The van der Waals surface area contributed by atoms with Crippen LogP contribution in [0.5, 0.6) is 6.01 Å². The largest absolute Gasteiger partial charge is 0.467 e. The number of anilines is 1. The van der Waals surface area contributed by atoms with Crippen LogP contribution in [-0.4, -0.2) is 36.1 Å². The summed E-state index contributed by atoms with van der Waals surface area (Å²) in [7, 11) is 3.01. The number of amides is 1. The molecule has 88 valence electrons. The molecule has 0 saturated heterocycles. The van der Waals surface area contributed by atoms with Gasteiger partial charge in [-0.15, -0.1) is 0 Å². The highest BCUT2D eigenvalue weighted by Gasteiger charge is 2.14. The first-order valence-electron chi connectivity index (χ1n) is 4.63. The van der Waals surface area contributed by atoms with E-state index in [4.69, 9.17) is 16.3 Å². The van der Waals surface area contributed by atoms with Crippen molar-refractivity contribution in [3.05, 3.63) is 11.2 Å². The van der Waals surface area contributed by atoms with Gasteiger partial charge in [0.15, 0.2) is 5.82 Å². The molecule has 1 atom stereocenters. The Bertz CT molecular complexity index is 386. The predicted molar refractivity (Wildman–Crippen MR) is 60.7 cm³/mol. The van der Waals surface area contributed by atoms with Crippen LogP contribution in [0.3, 0.4) is 0 Å². The number of hydrogen-bond donors (Lipinski definition) is 2. The number of aromatic nitrogens is 2. The molecule has 1 heterocycles. The van der Waals surface area contributed by atoms with Crippen LogP contribution in [-0.2, 0) is 4.79 Å². The van der Waals surface area contributed by atoms with Crippen molar-refractivity contribution in [3.8, 4) is 6.01 Å². The second-order valence-corrected chi connectivity index (χ2v) is 3.44. The van der Waals surface area contributed by atoms with Crippen LogP contribution in [0.2, 0.25) is 5.02 Å². The van der Waals surface area contributed by atoms with Crippen molar-refractivity contribution in [2.45, 2.75) is 13.0 Å². The molecule has 0 radical (unpaired) electrons. The highest BCUT2D eigenvalue weighted by Crippen LogP contribution is 2.20. The number of ether oxygens (including phenoxy) is 1. The number of carbonyl (C=O) groups excluding carboxylic acids is 1. The summed E-state index contributed by atoms with van der Waals surface area (Å²) in [6.45, 7) is 1.70. The molecule has 1 aromatic rings. The minimum Gasteiger partial charge on any atom is -0.467 e. The van der Waals surface area contributed by atoms with E-state index in [-0.39, 0.29) is 11.9 Å². The molecular weight excluding hydrogens is 232 g/mol. The van der Waals surface area contributed by atoms with E-state index in [2.05, 4.69) is 20.6 Å². The van der Waals surface area contributed by atoms with E-state index in [1.165, 1.54) is 13.3 Å². The summed E-state index contributed by atoms with van der Waals surface area (Å²) in [5, 5.41) is 5.70. The van der Waals surface area contributed by atoms with Gasteiger partial charge < -0.3 is 15.4 Å². The molecule has 1 rings (SSSR count). The molecule has 6 nitrogen and oxygen atoms in total. The number of hydrogen-bond acceptors (Lipinski definition) is 5. The van der Waals surface area contributed by atoms with E-state index in [0.29, 0.717) is 10.8 Å². The molecule has 0 aliphatic rings. The number of carbonyl (C=O) groups is 1. The standard InChI is InChI=1S/C9H13ClN4O2/c1-5(8(15)11-2)13-7-6(10)4-12-9(14-7)16-3/h4-5H,1-3H3,(H,11,15)(H,12,13,14). The molecule has 0 bridgehead atoms. The molecule has 1 aromatic heterocycles. The van der Waals surface area contributed by atoms with E-state index in [1.54, 1.807) is 14.0 Å². The van der Waals surface area contributed by atoms with Crippen molar-refractivity contribution in [3.63, 3.8) is 0 Å². The number of methoxy groups -OCH3 is 1. The van der Waals surface area contributed by atoms with Crippen LogP contribution in [0, 0.1) is 0 Å². The first-order valence-corrected chi connectivity index (χ1v) is 5.01. The summed E-state index contributed by atoms with van der Waals surface area (Å²) in [5.74, 6) is 0.207. The zero-order valence-corrected chi connectivity index (χ0v) is 10.00. The van der Waals surface area contributed by atoms with Gasteiger partial charge in [-0.2, -0.15) is 4.98 Å². The summed E-state index contributed by atoms with van der Waals surface area (Å²) in [4.78, 5) is 19.1. The molecule has 0 aliphatic heterocycles. The zero-order valence-electron chi connectivity index (χ0n) is 9.24. The van der Waals surface area contributed by atoms with E-state index < -0.39 is 6.04 Å². The molecule has 0 aliphatic carbocycles. The fourth-order valence-corrected chi connectivity index (χ4v) is 1.18. The molecule has 16 heavy (non-hydrogen) atoms. The van der Waals surface area contributed by atoms with Crippen molar-refractivity contribution in [1.29, 1.82) is 0 Å². The second kappa shape index (κ2) is 5.50. The third-order valence-corrected chi connectivity index (χ3v) is 2.17. The van der Waals surface area contributed by atoms with Crippen molar-refractivity contribution in [2.24, 2.45) is 0 Å². The molecule has 0 spiro atoms. The molecule has 7 heteroatoms. The Morgan fingerprint density at radius 1 is 1.62 bits per heavy atom. The van der Waals surface area contributed by atoms with Gasteiger partial charge in [0.2, 0.25) is 5.91 Å². The Balaban J connectivity index is 2.83. The molecule has 2 N–H and O–H groups in total. The van der Waals surface area contributed by atoms with Crippen molar-refractivity contribution >= 4 is 23.3 Å². The quantitative estimate of drug-likeness (QED) is 0.815. The number of rotatable bonds is 4. The first-order chi connectivity index (χ1) is 7.58. The maximum Gasteiger partial charge on any atom is 0.318 e. The number of halogens is 1. The summed E-state index contributed by atoms with van der Waals surface area (Å²) in [6, 6.07) is -0.252. The van der Waals surface area contributed by atoms with Gasteiger partial charge in [-0.3, -0.25) is 4.79 Å². The highest BCUT2D eigenvalue weighted by atomic mass is 35.5. The number of nitrogens with one attached hydrogen (secondary N) is 2. The Hall–Kier alpha value is -1.56. The van der Waals surface area contributed by atoms with Gasteiger partial charge in [0, 0.05) is 7.05 Å². The topological polar surface area (TPSA) is 76.1 Å².